The van der Waals surface area contributed by atoms with E-state index in [2.05, 4.69) is 5.32 Å². The van der Waals surface area contributed by atoms with Crippen molar-refractivity contribution in [2.24, 2.45) is 5.41 Å². The second-order valence-corrected chi connectivity index (χ2v) is 4.80. The van der Waals surface area contributed by atoms with Crippen LogP contribution in [0.25, 0.3) is 0 Å². The average molecular weight is 265 g/mol. The summed E-state index contributed by atoms with van der Waals surface area (Å²) in [5.74, 6) is -2.64. The Hall–Kier alpha value is -2.37. The Bertz CT molecular complexity index is 522. The Morgan fingerprint density at radius 1 is 1.21 bits per heavy atom. The van der Waals surface area contributed by atoms with E-state index < -0.39 is 23.3 Å². The number of anilines is 1. The zero-order chi connectivity index (χ0) is 14.6. The van der Waals surface area contributed by atoms with E-state index in [4.69, 9.17) is 10.2 Å². The number of benzene rings is 1. The predicted octanol–water partition coefficient (Wildman–Crippen LogP) is 1.82. The van der Waals surface area contributed by atoms with E-state index in [-0.39, 0.29) is 12.0 Å². The van der Waals surface area contributed by atoms with Gasteiger partial charge in [-0.25, -0.2) is 4.79 Å². The molecule has 3 N–H and O–H groups in total. The van der Waals surface area contributed by atoms with Gasteiger partial charge in [0.1, 0.15) is 0 Å². The van der Waals surface area contributed by atoms with Crippen molar-refractivity contribution >= 4 is 23.5 Å². The molecule has 0 atom stereocenters. The van der Waals surface area contributed by atoms with Gasteiger partial charge in [-0.3, -0.25) is 9.59 Å². The number of amides is 1. The first-order chi connectivity index (χ1) is 8.72. The van der Waals surface area contributed by atoms with E-state index in [0.29, 0.717) is 5.69 Å². The van der Waals surface area contributed by atoms with Crippen LogP contribution in [0.3, 0.4) is 0 Å². The molecule has 0 fully saturated rings. The molecular weight excluding hydrogens is 250 g/mol. The molecule has 0 bridgehead atoms. The summed E-state index contributed by atoms with van der Waals surface area (Å²) in [7, 11) is 0. The van der Waals surface area contributed by atoms with Crippen LogP contribution in [-0.4, -0.2) is 28.1 Å². The standard InChI is InChI=1S/C13H15NO5/c1-13(2,12(18)19)7-10(15)14-9-5-3-4-8(6-9)11(16)17/h3-6H,7H2,1-2H3,(H,14,15)(H,16,17)(H,18,19). The van der Waals surface area contributed by atoms with Crippen LogP contribution >= 0.6 is 0 Å². The van der Waals surface area contributed by atoms with E-state index in [1.807, 2.05) is 0 Å². The van der Waals surface area contributed by atoms with Crippen LogP contribution in [0.4, 0.5) is 5.69 Å². The third-order valence-electron chi connectivity index (χ3n) is 2.57. The summed E-state index contributed by atoms with van der Waals surface area (Å²) in [6, 6.07) is 5.76. The number of rotatable bonds is 5. The van der Waals surface area contributed by atoms with Gasteiger partial charge >= 0.3 is 11.9 Å². The molecule has 0 unspecified atom stereocenters. The highest BCUT2D eigenvalue weighted by molar-refractivity contribution is 5.95. The zero-order valence-electron chi connectivity index (χ0n) is 10.6. The van der Waals surface area contributed by atoms with Crippen LogP contribution < -0.4 is 5.32 Å². The van der Waals surface area contributed by atoms with Gasteiger partial charge in [-0.1, -0.05) is 6.07 Å². The fourth-order valence-corrected chi connectivity index (χ4v) is 1.41. The Kier molecular flexibility index (Phi) is 4.26. The van der Waals surface area contributed by atoms with Crippen molar-refractivity contribution < 1.29 is 24.6 Å². The molecule has 0 saturated heterocycles. The Morgan fingerprint density at radius 2 is 1.84 bits per heavy atom. The molecule has 1 rings (SSSR count). The number of carboxylic acids is 2. The average Bonchev–Trinajstić information content (AvgIpc) is 2.28. The Labute approximate surface area is 110 Å². The lowest BCUT2D eigenvalue weighted by molar-refractivity contribution is -0.148. The zero-order valence-corrected chi connectivity index (χ0v) is 10.6. The lowest BCUT2D eigenvalue weighted by Gasteiger charge is -2.18. The summed E-state index contributed by atoms with van der Waals surface area (Å²) in [6.07, 6.45) is -0.195. The molecule has 0 aliphatic carbocycles. The van der Waals surface area contributed by atoms with E-state index >= 15 is 0 Å². The maximum absolute atomic E-state index is 11.7. The predicted molar refractivity (Wildman–Crippen MR) is 68.1 cm³/mol. The lowest BCUT2D eigenvalue weighted by Crippen LogP contribution is -2.29. The normalized spacial score (nSPS) is 10.8. The second kappa shape index (κ2) is 5.51. The molecule has 6 heteroatoms. The summed E-state index contributed by atoms with van der Waals surface area (Å²) < 4.78 is 0. The highest BCUT2D eigenvalue weighted by Crippen LogP contribution is 2.21. The fraction of sp³-hybridized carbons (Fsp3) is 0.308. The second-order valence-electron chi connectivity index (χ2n) is 4.80. The van der Waals surface area contributed by atoms with E-state index in [1.54, 1.807) is 0 Å². The number of hydrogen-bond acceptors (Lipinski definition) is 3. The maximum atomic E-state index is 11.7. The molecule has 0 spiro atoms. The van der Waals surface area contributed by atoms with E-state index in [9.17, 15) is 14.4 Å². The first-order valence-electron chi connectivity index (χ1n) is 5.59. The third kappa shape index (κ3) is 4.09. The minimum absolute atomic E-state index is 0.0512. The first kappa shape index (κ1) is 14.7. The molecule has 0 aromatic heterocycles. The summed E-state index contributed by atoms with van der Waals surface area (Å²) in [5.41, 5.74) is -0.796. The first-order valence-corrected chi connectivity index (χ1v) is 5.59. The van der Waals surface area contributed by atoms with Crippen LogP contribution in [0.15, 0.2) is 24.3 Å². The van der Waals surface area contributed by atoms with Crippen molar-refractivity contribution in [2.45, 2.75) is 20.3 Å². The highest BCUT2D eigenvalue weighted by Gasteiger charge is 2.30. The van der Waals surface area contributed by atoms with Gasteiger partial charge in [-0.05, 0) is 32.0 Å². The minimum Gasteiger partial charge on any atom is -0.481 e. The summed E-state index contributed by atoms with van der Waals surface area (Å²) >= 11 is 0. The quantitative estimate of drug-likeness (QED) is 0.753. The highest BCUT2D eigenvalue weighted by atomic mass is 16.4. The minimum atomic E-state index is -1.17. The molecule has 6 nitrogen and oxygen atoms in total. The molecule has 102 valence electrons. The monoisotopic (exact) mass is 265 g/mol. The van der Waals surface area contributed by atoms with Gasteiger partial charge in [-0.15, -0.1) is 0 Å². The summed E-state index contributed by atoms with van der Waals surface area (Å²) in [5, 5.41) is 20.2. The molecule has 1 amide bonds. The number of carbonyl (C=O) groups excluding carboxylic acids is 1. The molecule has 0 heterocycles. The van der Waals surface area contributed by atoms with Gasteiger partial charge in [-0.2, -0.15) is 0 Å². The van der Waals surface area contributed by atoms with E-state index in [1.165, 1.54) is 38.1 Å². The van der Waals surface area contributed by atoms with Crippen LogP contribution in [0.5, 0.6) is 0 Å². The smallest absolute Gasteiger partial charge is 0.335 e. The molecule has 0 radical (unpaired) electrons. The summed E-state index contributed by atoms with van der Waals surface area (Å²) in [6.45, 7) is 2.89. The number of aliphatic carboxylic acids is 1. The van der Waals surface area contributed by atoms with Crippen LogP contribution in [0.1, 0.15) is 30.6 Å². The van der Waals surface area contributed by atoms with Crippen molar-refractivity contribution in [1.29, 1.82) is 0 Å². The van der Waals surface area contributed by atoms with Crippen molar-refractivity contribution in [3.8, 4) is 0 Å². The van der Waals surface area contributed by atoms with Crippen LogP contribution in [0, 0.1) is 5.41 Å². The molecule has 0 aliphatic heterocycles. The van der Waals surface area contributed by atoms with Crippen molar-refractivity contribution in [2.75, 3.05) is 5.32 Å². The van der Waals surface area contributed by atoms with Gasteiger partial charge < -0.3 is 15.5 Å². The largest absolute Gasteiger partial charge is 0.481 e. The van der Waals surface area contributed by atoms with E-state index in [0.717, 1.165) is 0 Å². The molecule has 1 aromatic rings. The number of nitrogens with one attached hydrogen (secondary N) is 1. The Balaban J connectivity index is 2.75. The van der Waals surface area contributed by atoms with Crippen molar-refractivity contribution in [3.63, 3.8) is 0 Å². The van der Waals surface area contributed by atoms with Gasteiger partial charge in [0.2, 0.25) is 5.91 Å². The van der Waals surface area contributed by atoms with Crippen molar-refractivity contribution in [1.82, 2.24) is 0 Å². The number of hydrogen-bond donors (Lipinski definition) is 3. The summed E-state index contributed by atoms with van der Waals surface area (Å²) in [4.78, 5) is 33.4. The topological polar surface area (TPSA) is 104 Å². The number of aromatic carboxylic acids is 1. The molecule has 1 aromatic carbocycles. The molecule has 0 saturated carbocycles. The molecule has 19 heavy (non-hydrogen) atoms. The van der Waals surface area contributed by atoms with Crippen LogP contribution in [-0.2, 0) is 9.59 Å². The lowest BCUT2D eigenvalue weighted by atomic mass is 9.89. The molecular formula is C13H15NO5. The van der Waals surface area contributed by atoms with Gasteiger partial charge in [0.15, 0.2) is 0 Å². The number of carboxylic acid groups (broad SMARTS) is 2. The van der Waals surface area contributed by atoms with Crippen LogP contribution in [0.2, 0.25) is 0 Å². The maximum Gasteiger partial charge on any atom is 0.335 e. The fourth-order valence-electron chi connectivity index (χ4n) is 1.41. The Morgan fingerprint density at radius 3 is 2.37 bits per heavy atom. The molecule has 0 aliphatic rings. The van der Waals surface area contributed by atoms with Gasteiger partial charge in [0, 0.05) is 12.1 Å². The number of carbonyl (C=O) groups is 3. The SMILES string of the molecule is CC(C)(CC(=O)Nc1cccc(C(=O)O)c1)C(=O)O. The van der Waals surface area contributed by atoms with Crippen molar-refractivity contribution in [3.05, 3.63) is 29.8 Å². The third-order valence-corrected chi connectivity index (χ3v) is 2.57. The van der Waals surface area contributed by atoms with Gasteiger partial charge in [0.05, 0.1) is 11.0 Å². The van der Waals surface area contributed by atoms with Gasteiger partial charge in [0.25, 0.3) is 0 Å².